The summed E-state index contributed by atoms with van der Waals surface area (Å²) in [5.74, 6) is -1.55. The molecule has 0 radical (unpaired) electrons. The molecule has 1 heterocycles. The summed E-state index contributed by atoms with van der Waals surface area (Å²) in [6, 6.07) is 1.85. The van der Waals surface area contributed by atoms with E-state index in [9.17, 15) is 18.0 Å². The van der Waals surface area contributed by atoms with E-state index >= 15 is 0 Å². The standard InChI is InChI=1S/C10H14F3N3O/c1-7(4-14)5-16-8(17)9(10(11,12)13)2-3-15-6-9/h7,15H,2-3,5-6H2,1H3,(H,16,17). The van der Waals surface area contributed by atoms with Gasteiger partial charge in [-0.15, -0.1) is 0 Å². The zero-order valence-corrected chi connectivity index (χ0v) is 9.40. The molecule has 2 N–H and O–H groups in total. The summed E-state index contributed by atoms with van der Waals surface area (Å²) in [6.45, 7) is 1.24. The second-order valence-corrected chi connectivity index (χ2v) is 4.25. The van der Waals surface area contributed by atoms with Gasteiger partial charge in [0.25, 0.3) is 0 Å². The van der Waals surface area contributed by atoms with Gasteiger partial charge in [0.05, 0.1) is 12.0 Å². The smallest absolute Gasteiger partial charge is 0.354 e. The molecule has 1 aliphatic rings. The summed E-state index contributed by atoms with van der Waals surface area (Å²) in [4.78, 5) is 11.7. The van der Waals surface area contributed by atoms with Crippen LogP contribution in [0.5, 0.6) is 0 Å². The van der Waals surface area contributed by atoms with Crippen molar-refractivity contribution >= 4 is 5.91 Å². The van der Waals surface area contributed by atoms with Crippen LogP contribution >= 0.6 is 0 Å². The van der Waals surface area contributed by atoms with Crippen molar-refractivity contribution in [2.75, 3.05) is 19.6 Å². The van der Waals surface area contributed by atoms with E-state index in [-0.39, 0.29) is 19.5 Å². The van der Waals surface area contributed by atoms with E-state index in [4.69, 9.17) is 5.26 Å². The van der Waals surface area contributed by atoms with Gasteiger partial charge in [0.15, 0.2) is 5.41 Å². The molecule has 2 atom stereocenters. The quantitative estimate of drug-likeness (QED) is 0.777. The van der Waals surface area contributed by atoms with Gasteiger partial charge in [-0.25, -0.2) is 0 Å². The van der Waals surface area contributed by atoms with Crippen LogP contribution in [0.4, 0.5) is 13.2 Å². The molecule has 0 aromatic rings. The lowest BCUT2D eigenvalue weighted by Gasteiger charge is -2.29. The molecule has 4 nitrogen and oxygen atoms in total. The predicted octanol–water partition coefficient (Wildman–Crippen LogP) is 0.804. The molecule has 0 aromatic heterocycles. The number of nitriles is 1. The minimum absolute atomic E-state index is 0.0623. The Morgan fingerprint density at radius 3 is 2.71 bits per heavy atom. The Morgan fingerprint density at radius 1 is 1.65 bits per heavy atom. The molecular formula is C10H14F3N3O. The second-order valence-electron chi connectivity index (χ2n) is 4.25. The van der Waals surface area contributed by atoms with Gasteiger partial charge in [-0.2, -0.15) is 18.4 Å². The van der Waals surface area contributed by atoms with Crippen molar-refractivity contribution in [3.8, 4) is 6.07 Å². The first kappa shape index (κ1) is 13.8. The molecule has 0 aliphatic carbocycles. The Hall–Kier alpha value is -1.29. The number of hydrogen-bond acceptors (Lipinski definition) is 3. The van der Waals surface area contributed by atoms with Crippen LogP contribution < -0.4 is 10.6 Å². The van der Waals surface area contributed by atoms with E-state index in [1.54, 1.807) is 0 Å². The number of hydrogen-bond donors (Lipinski definition) is 2. The molecule has 0 saturated carbocycles. The van der Waals surface area contributed by atoms with Crippen LogP contribution in [0.25, 0.3) is 0 Å². The Bertz CT molecular complexity index is 329. The molecule has 1 fully saturated rings. The van der Waals surface area contributed by atoms with Gasteiger partial charge in [-0.3, -0.25) is 4.79 Å². The normalized spacial score (nSPS) is 26.3. The lowest BCUT2D eigenvalue weighted by Crippen LogP contribution is -2.52. The largest absolute Gasteiger partial charge is 0.404 e. The van der Waals surface area contributed by atoms with Gasteiger partial charge < -0.3 is 10.6 Å². The van der Waals surface area contributed by atoms with Crippen molar-refractivity contribution in [2.45, 2.75) is 19.5 Å². The van der Waals surface area contributed by atoms with Crippen LogP contribution in [0.2, 0.25) is 0 Å². The first-order chi connectivity index (χ1) is 7.83. The molecule has 17 heavy (non-hydrogen) atoms. The van der Waals surface area contributed by atoms with Gasteiger partial charge in [-0.05, 0) is 19.9 Å². The highest BCUT2D eigenvalue weighted by molar-refractivity contribution is 5.84. The Kier molecular flexibility index (Phi) is 3.98. The molecule has 1 amide bonds. The van der Waals surface area contributed by atoms with Crippen LogP contribution in [0.1, 0.15) is 13.3 Å². The third kappa shape index (κ3) is 2.69. The number of rotatable bonds is 3. The predicted molar refractivity (Wildman–Crippen MR) is 53.8 cm³/mol. The lowest BCUT2D eigenvalue weighted by atomic mass is 9.85. The first-order valence-corrected chi connectivity index (χ1v) is 5.29. The Morgan fingerprint density at radius 2 is 2.29 bits per heavy atom. The molecule has 1 saturated heterocycles. The fraction of sp³-hybridized carbons (Fsp3) is 0.800. The average Bonchev–Trinajstić information content (AvgIpc) is 2.74. The number of halogens is 3. The molecule has 2 unspecified atom stereocenters. The third-order valence-electron chi connectivity index (χ3n) is 2.92. The molecule has 7 heteroatoms. The van der Waals surface area contributed by atoms with E-state index < -0.39 is 30.0 Å². The maximum Gasteiger partial charge on any atom is 0.404 e. The fourth-order valence-electron chi connectivity index (χ4n) is 1.72. The van der Waals surface area contributed by atoms with Crippen LogP contribution in [-0.2, 0) is 4.79 Å². The Labute approximate surface area is 97.2 Å². The highest BCUT2D eigenvalue weighted by Crippen LogP contribution is 2.43. The minimum atomic E-state index is -4.57. The van der Waals surface area contributed by atoms with Gasteiger partial charge in [-0.1, -0.05) is 0 Å². The maximum atomic E-state index is 12.9. The number of amides is 1. The number of carbonyl (C=O) groups is 1. The zero-order chi connectivity index (χ0) is 13.1. The number of nitrogens with one attached hydrogen (secondary N) is 2. The van der Waals surface area contributed by atoms with Crippen molar-refractivity contribution in [1.29, 1.82) is 5.26 Å². The van der Waals surface area contributed by atoms with Crippen molar-refractivity contribution in [3.05, 3.63) is 0 Å². The van der Waals surface area contributed by atoms with Crippen molar-refractivity contribution in [1.82, 2.24) is 10.6 Å². The molecule has 0 spiro atoms. The van der Waals surface area contributed by atoms with E-state index in [0.717, 1.165) is 0 Å². The third-order valence-corrected chi connectivity index (χ3v) is 2.92. The molecule has 0 bridgehead atoms. The summed E-state index contributed by atoms with van der Waals surface area (Å²) in [5.41, 5.74) is -2.35. The molecule has 96 valence electrons. The summed E-state index contributed by atoms with van der Waals surface area (Å²) < 4.78 is 38.7. The van der Waals surface area contributed by atoms with Gasteiger partial charge in [0.1, 0.15) is 0 Å². The Balaban J connectivity index is 2.73. The SMILES string of the molecule is CC(C#N)CNC(=O)C1(C(F)(F)F)CCNC1. The molecular weight excluding hydrogens is 235 g/mol. The molecule has 0 aromatic carbocycles. The van der Waals surface area contributed by atoms with Crippen LogP contribution in [0, 0.1) is 22.7 Å². The van der Waals surface area contributed by atoms with E-state index in [2.05, 4.69) is 10.6 Å². The summed E-state index contributed by atoms with van der Waals surface area (Å²) >= 11 is 0. The zero-order valence-electron chi connectivity index (χ0n) is 9.40. The van der Waals surface area contributed by atoms with Crippen molar-refractivity contribution in [3.63, 3.8) is 0 Å². The van der Waals surface area contributed by atoms with Gasteiger partial charge >= 0.3 is 6.18 Å². The summed E-state index contributed by atoms with van der Waals surface area (Å²) in [7, 11) is 0. The number of nitrogens with zero attached hydrogens (tertiary/aromatic N) is 1. The summed E-state index contributed by atoms with van der Waals surface area (Å²) in [5, 5.41) is 13.3. The minimum Gasteiger partial charge on any atom is -0.354 e. The maximum absolute atomic E-state index is 12.9. The average molecular weight is 249 g/mol. The van der Waals surface area contributed by atoms with Crippen LogP contribution in [-0.4, -0.2) is 31.7 Å². The monoisotopic (exact) mass is 249 g/mol. The molecule has 1 rings (SSSR count). The topological polar surface area (TPSA) is 64.9 Å². The molecule has 1 aliphatic heterocycles. The second kappa shape index (κ2) is 4.92. The van der Waals surface area contributed by atoms with Crippen molar-refractivity contribution in [2.24, 2.45) is 11.3 Å². The van der Waals surface area contributed by atoms with E-state index in [1.165, 1.54) is 6.92 Å². The van der Waals surface area contributed by atoms with E-state index in [1.807, 2.05) is 6.07 Å². The highest BCUT2D eigenvalue weighted by Gasteiger charge is 2.61. The highest BCUT2D eigenvalue weighted by atomic mass is 19.4. The fourth-order valence-corrected chi connectivity index (χ4v) is 1.72. The van der Waals surface area contributed by atoms with Crippen LogP contribution in [0.3, 0.4) is 0 Å². The summed E-state index contributed by atoms with van der Waals surface area (Å²) in [6.07, 6.45) is -4.83. The van der Waals surface area contributed by atoms with Gasteiger partial charge in [0.2, 0.25) is 5.91 Å². The number of alkyl halides is 3. The van der Waals surface area contributed by atoms with E-state index in [0.29, 0.717) is 0 Å². The van der Waals surface area contributed by atoms with Crippen LogP contribution in [0.15, 0.2) is 0 Å². The van der Waals surface area contributed by atoms with Gasteiger partial charge in [0, 0.05) is 13.1 Å². The van der Waals surface area contributed by atoms with Crippen molar-refractivity contribution < 1.29 is 18.0 Å². The number of carbonyl (C=O) groups excluding carboxylic acids is 1. The lowest BCUT2D eigenvalue weighted by molar-refractivity contribution is -0.216. The first-order valence-electron chi connectivity index (χ1n) is 5.29.